The van der Waals surface area contributed by atoms with E-state index in [0.29, 0.717) is 28.5 Å². The molecular formula is C22H26N2O7. The summed E-state index contributed by atoms with van der Waals surface area (Å²) in [4.78, 5) is 37.6. The Labute approximate surface area is 180 Å². The van der Waals surface area contributed by atoms with Crippen molar-refractivity contribution >= 4 is 23.5 Å². The van der Waals surface area contributed by atoms with E-state index in [4.69, 9.17) is 24.7 Å². The van der Waals surface area contributed by atoms with Crippen LogP contribution in [0.5, 0.6) is 17.2 Å². The highest BCUT2D eigenvalue weighted by Crippen LogP contribution is 2.40. The molecule has 166 valence electrons. The Morgan fingerprint density at radius 1 is 0.935 bits per heavy atom. The molecule has 0 aliphatic rings. The van der Waals surface area contributed by atoms with Crippen molar-refractivity contribution in [2.75, 3.05) is 33.3 Å². The Balaban J connectivity index is 2.60. The molecule has 3 N–H and O–H groups in total. The van der Waals surface area contributed by atoms with Crippen LogP contribution < -0.4 is 25.3 Å². The van der Waals surface area contributed by atoms with Crippen LogP contribution in [0, 0.1) is 13.8 Å². The normalized spacial score (nSPS) is 10.3. The summed E-state index contributed by atoms with van der Waals surface area (Å²) < 4.78 is 21.0. The van der Waals surface area contributed by atoms with Crippen molar-refractivity contribution in [1.29, 1.82) is 0 Å². The molecule has 0 bridgehead atoms. The number of anilines is 1. The Hall–Kier alpha value is -3.75. The fraction of sp³-hybridized carbons (Fsp3) is 0.318. The number of carbonyl (C=O) groups is 3. The minimum absolute atomic E-state index is 0.00649. The van der Waals surface area contributed by atoms with Gasteiger partial charge in [0.05, 0.1) is 44.6 Å². The summed E-state index contributed by atoms with van der Waals surface area (Å²) in [5, 5.41) is 2.70. The summed E-state index contributed by atoms with van der Waals surface area (Å²) in [5.74, 6) is -0.990. The smallest absolute Gasteiger partial charge is 0.338 e. The summed E-state index contributed by atoms with van der Waals surface area (Å²) >= 11 is 0. The minimum atomic E-state index is -0.795. The molecular weight excluding hydrogens is 404 g/mol. The van der Waals surface area contributed by atoms with E-state index in [9.17, 15) is 14.4 Å². The third-order valence-electron chi connectivity index (χ3n) is 4.67. The van der Waals surface area contributed by atoms with Crippen LogP contribution in [0.15, 0.2) is 18.2 Å². The van der Waals surface area contributed by atoms with E-state index in [-0.39, 0.29) is 28.9 Å². The second kappa shape index (κ2) is 9.84. The lowest BCUT2D eigenvalue weighted by atomic mass is 9.91. The first kappa shape index (κ1) is 23.5. The monoisotopic (exact) mass is 430 g/mol. The Morgan fingerprint density at radius 2 is 1.52 bits per heavy atom. The fourth-order valence-corrected chi connectivity index (χ4v) is 3.33. The van der Waals surface area contributed by atoms with Gasteiger partial charge in [0.1, 0.15) is 0 Å². The number of rotatable bonds is 8. The van der Waals surface area contributed by atoms with Gasteiger partial charge in [0.2, 0.25) is 11.7 Å². The van der Waals surface area contributed by atoms with Crippen LogP contribution in [0.1, 0.15) is 49.1 Å². The van der Waals surface area contributed by atoms with E-state index in [0.717, 1.165) is 0 Å². The van der Waals surface area contributed by atoms with E-state index >= 15 is 0 Å². The van der Waals surface area contributed by atoms with Gasteiger partial charge in [-0.3, -0.25) is 9.59 Å². The maximum Gasteiger partial charge on any atom is 0.338 e. The predicted molar refractivity (Wildman–Crippen MR) is 114 cm³/mol. The number of nitrogens with one attached hydrogen (secondary N) is 1. The molecule has 9 nitrogen and oxygen atoms in total. The number of esters is 1. The second-order valence-electron chi connectivity index (χ2n) is 6.57. The van der Waals surface area contributed by atoms with Gasteiger partial charge in [-0.1, -0.05) is 0 Å². The molecule has 0 radical (unpaired) electrons. The number of amides is 2. The second-order valence-corrected chi connectivity index (χ2v) is 6.57. The molecule has 0 aromatic heterocycles. The maximum absolute atomic E-state index is 13.2. The van der Waals surface area contributed by atoms with Crippen molar-refractivity contribution in [1.82, 2.24) is 0 Å². The lowest BCUT2D eigenvalue weighted by Crippen LogP contribution is -2.24. The topological polar surface area (TPSA) is 126 Å². The van der Waals surface area contributed by atoms with E-state index < -0.39 is 17.8 Å². The zero-order valence-electron chi connectivity index (χ0n) is 18.4. The maximum atomic E-state index is 13.2. The molecule has 0 aliphatic carbocycles. The summed E-state index contributed by atoms with van der Waals surface area (Å²) in [6.45, 7) is 5.06. The summed E-state index contributed by atoms with van der Waals surface area (Å²) in [6, 6.07) is 4.49. The molecule has 2 aromatic rings. The van der Waals surface area contributed by atoms with E-state index in [1.165, 1.54) is 27.4 Å². The SMILES string of the molecule is CCOC(=O)c1c(C)cc(C(N)=O)c(C(=O)Nc2cc(OC)c(OC)c(OC)c2)c1C. The number of hydrogen-bond acceptors (Lipinski definition) is 7. The zero-order chi connectivity index (χ0) is 23.3. The van der Waals surface area contributed by atoms with Gasteiger partial charge in [-0.15, -0.1) is 0 Å². The number of methoxy groups -OCH3 is 3. The number of primary amides is 1. The Bertz CT molecular complexity index is 1010. The van der Waals surface area contributed by atoms with Crippen LogP contribution in [0.2, 0.25) is 0 Å². The molecule has 2 rings (SSSR count). The lowest BCUT2D eigenvalue weighted by molar-refractivity contribution is 0.0524. The zero-order valence-corrected chi connectivity index (χ0v) is 18.4. The van der Waals surface area contributed by atoms with Gasteiger partial charge in [0.25, 0.3) is 5.91 Å². The number of ether oxygens (including phenoxy) is 4. The molecule has 0 aliphatic heterocycles. The molecule has 2 aromatic carbocycles. The highest BCUT2D eigenvalue weighted by atomic mass is 16.5. The van der Waals surface area contributed by atoms with Crippen molar-refractivity contribution in [3.05, 3.63) is 46.0 Å². The number of benzene rings is 2. The molecule has 0 heterocycles. The largest absolute Gasteiger partial charge is 0.493 e. The quantitative estimate of drug-likeness (QED) is 0.617. The number of nitrogens with two attached hydrogens (primary N) is 1. The van der Waals surface area contributed by atoms with Crippen LogP contribution in [-0.4, -0.2) is 45.7 Å². The molecule has 0 saturated carbocycles. The fourth-order valence-electron chi connectivity index (χ4n) is 3.33. The van der Waals surface area contributed by atoms with Crippen molar-refractivity contribution in [2.45, 2.75) is 20.8 Å². The van der Waals surface area contributed by atoms with Crippen LogP contribution in [0.25, 0.3) is 0 Å². The van der Waals surface area contributed by atoms with Gasteiger partial charge in [0.15, 0.2) is 11.5 Å². The summed E-state index contributed by atoms with van der Waals surface area (Å²) in [7, 11) is 4.36. The van der Waals surface area contributed by atoms with Gasteiger partial charge in [0, 0.05) is 17.8 Å². The number of carbonyl (C=O) groups excluding carboxylic acids is 3. The van der Waals surface area contributed by atoms with Gasteiger partial charge in [-0.2, -0.15) is 0 Å². The van der Waals surface area contributed by atoms with Gasteiger partial charge in [-0.05, 0) is 38.0 Å². The highest BCUT2D eigenvalue weighted by molar-refractivity contribution is 6.14. The first-order chi connectivity index (χ1) is 14.7. The van der Waals surface area contributed by atoms with E-state index in [2.05, 4.69) is 5.32 Å². The van der Waals surface area contributed by atoms with Crippen molar-refractivity contribution in [3.8, 4) is 17.2 Å². The average Bonchev–Trinajstić information content (AvgIpc) is 2.72. The van der Waals surface area contributed by atoms with Crippen LogP contribution >= 0.6 is 0 Å². The van der Waals surface area contributed by atoms with Crippen molar-refractivity contribution in [3.63, 3.8) is 0 Å². The van der Waals surface area contributed by atoms with Crippen LogP contribution in [-0.2, 0) is 4.74 Å². The first-order valence-electron chi connectivity index (χ1n) is 9.42. The average molecular weight is 430 g/mol. The van der Waals surface area contributed by atoms with Crippen LogP contribution in [0.3, 0.4) is 0 Å². The number of aryl methyl sites for hydroxylation is 1. The molecule has 9 heteroatoms. The molecule has 31 heavy (non-hydrogen) atoms. The van der Waals surface area contributed by atoms with Gasteiger partial charge in [-0.25, -0.2) is 4.79 Å². The third-order valence-corrected chi connectivity index (χ3v) is 4.67. The van der Waals surface area contributed by atoms with Crippen molar-refractivity contribution < 1.29 is 33.3 Å². The predicted octanol–water partition coefficient (Wildman–Crippen LogP) is 2.86. The minimum Gasteiger partial charge on any atom is -0.493 e. The highest BCUT2D eigenvalue weighted by Gasteiger charge is 2.26. The Morgan fingerprint density at radius 3 is 1.97 bits per heavy atom. The first-order valence-corrected chi connectivity index (χ1v) is 9.42. The standard InChI is InChI=1S/C22H26N2O7/c1-7-31-22(27)17-11(2)8-14(20(23)25)18(12(17)3)21(26)24-13-9-15(28-4)19(30-6)16(10-13)29-5/h8-10H,7H2,1-6H3,(H2,23,25)(H,24,26). The van der Waals surface area contributed by atoms with Crippen molar-refractivity contribution in [2.24, 2.45) is 5.73 Å². The summed E-state index contributed by atoms with van der Waals surface area (Å²) in [6.07, 6.45) is 0. The Kier molecular flexibility index (Phi) is 7.47. The van der Waals surface area contributed by atoms with Gasteiger partial charge < -0.3 is 30.0 Å². The molecule has 2 amide bonds. The lowest BCUT2D eigenvalue weighted by Gasteiger charge is -2.18. The van der Waals surface area contributed by atoms with E-state index in [1.54, 1.807) is 32.9 Å². The molecule has 0 unspecified atom stereocenters. The third kappa shape index (κ3) is 4.71. The molecule has 0 spiro atoms. The van der Waals surface area contributed by atoms with Crippen LogP contribution in [0.4, 0.5) is 5.69 Å². The van der Waals surface area contributed by atoms with Gasteiger partial charge >= 0.3 is 5.97 Å². The molecule has 0 saturated heterocycles. The number of hydrogen-bond donors (Lipinski definition) is 2. The molecule has 0 fully saturated rings. The molecule has 0 atom stereocenters. The summed E-state index contributed by atoms with van der Waals surface area (Å²) in [5.41, 5.74) is 6.79. The van der Waals surface area contributed by atoms with E-state index in [1.807, 2.05) is 0 Å².